The lowest BCUT2D eigenvalue weighted by Gasteiger charge is -2.17. The van der Waals surface area contributed by atoms with Crippen LogP contribution in [0.1, 0.15) is 17.8 Å². The first-order chi connectivity index (χ1) is 15.9. The second-order valence-corrected chi connectivity index (χ2v) is 9.85. The van der Waals surface area contributed by atoms with Crippen molar-refractivity contribution in [3.63, 3.8) is 0 Å². The molecule has 33 heavy (non-hydrogen) atoms. The minimum Gasteiger partial charge on any atom is -0.325 e. The zero-order valence-electron chi connectivity index (χ0n) is 18.4. The fraction of sp³-hybridized carbons (Fsp3) is 0.208. The molecule has 0 fully saturated rings. The number of hydrogen-bond donors (Lipinski definition) is 2. The van der Waals surface area contributed by atoms with Crippen LogP contribution < -0.4 is 10.0 Å². The summed E-state index contributed by atoms with van der Waals surface area (Å²) in [6.07, 6.45) is 5.44. The fourth-order valence-corrected chi connectivity index (χ4v) is 4.56. The van der Waals surface area contributed by atoms with E-state index in [9.17, 15) is 13.2 Å². The highest BCUT2D eigenvalue weighted by Crippen LogP contribution is 2.21. The molecule has 2 aromatic carbocycles. The lowest BCUT2D eigenvalue weighted by molar-refractivity contribution is -0.117. The molecule has 9 heteroatoms. The molecule has 7 nitrogen and oxygen atoms in total. The van der Waals surface area contributed by atoms with E-state index in [4.69, 9.17) is 0 Å². The molecule has 1 amide bonds. The van der Waals surface area contributed by atoms with E-state index in [1.807, 2.05) is 43.5 Å². The molecule has 0 unspecified atom stereocenters. The molecule has 0 aliphatic carbocycles. The number of carbonyl (C=O) groups excluding carboxylic acids is 1. The van der Waals surface area contributed by atoms with Crippen molar-refractivity contribution >= 4 is 39.5 Å². The van der Waals surface area contributed by atoms with Crippen LogP contribution in [0.5, 0.6) is 0 Å². The van der Waals surface area contributed by atoms with Gasteiger partial charge in [0.2, 0.25) is 15.9 Å². The summed E-state index contributed by atoms with van der Waals surface area (Å²) < 4.78 is 27.7. The predicted octanol–water partition coefficient (Wildman–Crippen LogP) is 4.10. The number of aryl methyl sites for hydroxylation is 1. The molecule has 3 aromatic rings. The van der Waals surface area contributed by atoms with Gasteiger partial charge in [0.25, 0.3) is 0 Å². The Balaban J connectivity index is 1.74. The van der Waals surface area contributed by atoms with E-state index in [2.05, 4.69) is 20.0 Å². The molecule has 1 heterocycles. The van der Waals surface area contributed by atoms with Crippen molar-refractivity contribution in [2.45, 2.75) is 19.4 Å². The van der Waals surface area contributed by atoms with Crippen LogP contribution in [0.3, 0.4) is 0 Å². The third-order valence-electron chi connectivity index (χ3n) is 4.67. The van der Waals surface area contributed by atoms with Crippen molar-refractivity contribution in [2.24, 2.45) is 0 Å². The summed E-state index contributed by atoms with van der Waals surface area (Å²) in [7, 11) is -3.82. The smallest absolute Gasteiger partial charge is 0.242 e. The van der Waals surface area contributed by atoms with Crippen molar-refractivity contribution < 1.29 is 13.2 Å². The van der Waals surface area contributed by atoms with Gasteiger partial charge in [-0.25, -0.2) is 18.4 Å². The number of nitrogens with zero attached hydrogens (tertiary/aromatic N) is 2. The molecule has 2 N–H and O–H groups in total. The van der Waals surface area contributed by atoms with Gasteiger partial charge in [-0.15, -0.1) is 0 Å². The van der Waals surface area contributed by atoms with Crippen molar-refractivity contribution in [3.05, 3.63) is 83.7 Å². The first-order valence-corrected chi connectivity index (χ1v) is 13.3. The standard InChI is InChI=1S/C24H26N4O3S2/c1-18-25-14-11-22(26-18)20-9-6-10-21(17-20)27-24(29)23(12-15-32-2)28-33(30,31)16-13-19-7-4-3-5-8-19/h3-11,13-14,16-17,23,28H,12,15H2,1-2H3,(H,27,29)/b16-13+/t23-/m1/s1. The van der Waals surface area contributed by atoms with Gasteiger partial charge in [-0.1, -0.05) is 42.5 Å². The summed E-state index contributed by atoms with van der Waals surface area (Å²) in [5, 5.41) is 3.91. The van der Waals surface area contributed by atoms with Crippen molar-refractivity contribution in [1.82, 2.24) is 14.7 Å². The van der Waals surface area contributed by atoms with Crippen LogP contribution in [-0.2, 0) is 14.8 Å². The van der Waals surface area contributed by atoms with E-state index in [-0.39, 0.29) is 0 Å². The maximum Gasteiger partial charge on any atom is 0.242 e. The Hall–Kier alpha value is -3.01. The zero-order valence-corrected chi connectivity index (χ0v) is 20.1. The quantitative estimate of drug-likeness (QED) is 0.451. The van der Waals surface area contributed by atoms with Crippen LogP contribution in [0, 0.1) is 6.92 Å². The third-order valence-corrected chi connectivity index (χ3v) is 6.43. The SMILES string of the molecule is CSCC[C@@H](NS(=O)(=O)/C=C/c1ccccc1)C(=O)Nc1cccc(-c2ccnc(C)n2)c1. The van der Waals surface area contributed by atoms with Gasteiger partial charge in [0, 0.05) is 22.9 Å². The van der Waals surface area contributed by atoms with Crippen LogP contribution in [0.2, 0.25) is 0 Å². The molecule has 0 saturated carbocycles. The Labute approximate surface area is 198 Å². The van der Waals surface area contributed by atoms with E-state index in [1.165, 1.54) is 6.08 Å². The molecule has 1 atom stereocenters. The number of anilines is 1. The van der Waals surface area contributed by atoms with Gasteiger partial charge in [-0.2, -0.15) is 16.5 Å². The maximum absolute atomic E-state index is 13.0. The number of sulfonamides is 1. The average molecular weight is 483 g/mol. The number of nitrogens with one attached hydrogen (secondary N) is 2. The molecule has 3 rings (SSSR count). The van der Waals surface area contributed by atoms with Crippen molar-refractivity contribution in [3.8, 4) is 11.3 Å². The molecule has 0 saturated heterocycles. The van der Waals surface area contributed by atoms with Gasteiger partial charge in [0.15, 0.2) is 0 Å². The molecule has 0 bridgehead atoms. The number of aromatic nitrogens is 2. The maximum atomic E-state index is 13.0. The summed E-state index contributed by atoms with van der Waals surface area (Å²) in [5.41, 5.74) is 2.88. The van der Waals surface area contributed by atoms with Crippen LogP contribution in [0.4, 0.5) is 5.69 Å². The second-order valence-electron chi connectivity index (χ2n) is 7.27. The largest absolute Gasteiger partial charge is 0.325 e. The fourth-order valence-electron chi connectivity index (χ4n) is 3.05. The number of amides is 1. The molecule has 0 spiro atoms. The van der Waals surface area contributed by atoms with Gasteiger partial charge >= 0.3 is 0 Å². The summed E-state index contributed by atoms with van der Waals surface area (Å²) >= 11 is 1.54. The summed E-state index contributed by atoms with van der Waals surface area (Å²) in [6.45, 7) is 1.81. The topological polar surface area (TPSA) is 101 Å². The summed E-state index contributed by atoms with van der Waals surface area (Å²) in [4.78, 5) is 21.5. The molecule has 0 radical (unpaired) electrons. The van der Waals surface area contributed by atoms with Gasteiger partial charge in [0.05, 0.1) is 5.69 Å². The van der Waals surface area contributed by atoms with Crippen molar-refractivity contribution in [1.29, 1.82) is 0 Å². The Bertz CT molecular complexity index is 1220. The first kappa shape index (κ1) is 24.6. The van der Waals surface area contributed by atoms with Gasteiger partial charge < -0.3 is 5.32 Å². The Kier molecular flexibility index (Phi) is 8.76. The number of thioether (sulfide) groups is 1. The van der Waals surface area contributed by atoms with Crippen LogP contribution in [-0.4, -0.2) is 42.3 Å². The van der Waals surface area contributed by atoms with E-state index in [0.717, 1.165) is 22.2 Å². The van der Waals surface area contributed by atoms with Crippen molar-refractivity contribution in [2.75, 3.05) is 17.3 Å². The summed E-state index contributed by atoms with van der Waals surface area (Å²) in [6, 6.07) is 17.2. The van der Waals surface area contributed by atoms with E-state index in [1.54, 1.807) is 48.3 Å². The highest BCUT2D eigenvalue weighted by Gasteiger charge is 2.23. The molecule has 0 aliphatic rings. The molecular formula is C24H26N4O3S2. The highest BCUT2D eigenvalue weighted by molar-refractivity contribution is 7.98. The van der Waals surface area contributed by atoms with E-state index in [0.29, 0.717) is 23.7 Å². The zero-order chi connectivity index (χ0) is 23.7. The Morgan fingerprint density at radius 3 is 2.64 bits per heavy atom. The average Bonchev–Trinajstić information content (AvgIpc) is 2.81. The minimum atomic E-state index is -3.82. The predicted molar refractivity (Wildman–Crippen MR) is 135 cm³/mol. The van der Waals surface area contributed by atoms with Crippen LogP contribution in [0.25, 0.3) is 17.3 Å². The van der Waals surface area contributed by atoms with Crippen LogP contribution in [0.15, 0.2) is 72.3 Å². The lowest BCUT2D eigenvalue weighted by Crippen LogP contribution is -2.43. The molecule has 172 valence electrons. The highest BCUT2D eigenvalue weighted by atomic mass is 32.2. The van der Waals surface area contributed by atoms with E-state index >= 15 is 0 Å². The third kappa shape index (κ3) is 7.81. The minimum absolute atomic E-state index is 0.357. The molecule has 0 aliphatic heterocycles. The van der Waals surface area contributed by atoms with E-state index < -0.39 is 22.0 Å². The monoisotopic (exact) mass is 482 g/mol. The van der Waals surface area contributed by atoms with Gasteiger partial charge in [0.1, 0.15) is 11.9 Å². The summed E-state index contributed by atoms with van der Waals surface area (Å²) in [5.74, 6) is 0.859. The number of benzene rings is 2. The number of rotatable bonds is 10. The lowest BCUT2D eigenvalue weighted by atomic mass is 10.1. The Morgan fingerprint density at radius 2 is 1.91 bits per heavy atom. The first-order valence-electron chi connectivity index (χ1n) is 10.3. The normalized spacial score (nSPS) is 12.5. The van der Waals surface area contributed by atoms with Gasteiger partial charge in [-0.05, 0) is 55.2 Å². The van der Waals surface area contributed by atoms with Gasteiger partial charge in [-0.3, -0.25) is 4.79 Å². The number of carbonyl (C=O) groups is 1. The van der Waals surface area contributed by atoms with Crippen LogP contribution >= 0.6 is 11.8 Å². The molecule has 1 aromatic heterocycles. The second kappa shape index (κ2) is 11.7. The molecular weight excluding hydrogens is 456 g/mol. The number of hydrogen-bond acceptors (Lipinski definition) is 6. The Morgan fingerprint density at radius 1 is 1.12 bits per heavy atom.